The predicted molar refractivity (Wildman–Crippen MR) is 81.4 cm³/mol. The highest BCUT2D eigenvalue weighted by atomic mass is 32.2. The fourth-order valence-corrected chi connectivity index (χ4v) is 2.70. The maximum Gasteiger partial charge on any atom is 0.0569 e. The van der Waals surface area contributed by atoms with E-state index in [-0.39, 0.29) is 17.9 Å². The lowest BCUT2D eigenvalue weighted by atomic mass is 10.1. The summed E-state index contributed by atoms with van der Waals surface area (Å²) in [7, 11) is 0. The average molecular weight is 261 g/mol. The van der Waals surface area contributed by atoms with Gasteiger partial charge in [-0.2, -0.15) is 11.8 Å². The molecule has 96 valence electrons. The summed E-state index contributed by atoms with van der Waals surface area (Å²) >= 11 is 1.69. The third-order valence-corrected chi connectivity index (χ3v) is 4.35. The molecule has 2 unspecified atom stereocenters. The summed E-state index contributed by atoms with van der Waals surface area (Å²) in [5.41, 5.74) is 1.11. The van der Waals surface area contributed by atoms with Crippen LogP contribution in [-0.2, 0) is 0 Å². The van der Waals surface area contributed by atoms with Crippen LogP contribution in [0.15, 0.2) is 42.5 Å². The molecule has 0 saturated carbocycles. The highest BCUT2D eigenvalue weighted by Gasteiger charge is 2.14. The Kier molecular flexibility index (Phi) is 4.50. The van der Waals surface area contributed by atoms with Crippen molar-refractivity contribution in [2.45, 2.75) is 18.2 Å². The minimum absolute atomic E-state index is 0.197. The predicted octanol–water partition coefficient (Wildman–Crippen LogP) is 3.36. The lowest BCUT2D eigenvalue weighted by molar-refractivity contribution is 0.288. The van der Waals surface area contributed by atoms with Crippen LogP contribution in [0.5, 0.6) is 0 Å². The van der Waals surface area contributed by atoms with Gasteiger partial charge in [0.05, 0.1) is 6.61 Å². The van der Waals surface area contributed by atoms with Gasteiger partial charge in [-0.25, -0.2) is 0 Å². The van der Waals surface area contributed by atoms with E-state index in [9.17, 15) is 5.11 Å². The van der Waals surface area contributed by atoms with Crippen molar-refractivity contribution in [3.8, 4) is 0 Å². The number of anilines is 1. The van der Waals surface area contributed by atoms with Crippen LogP contribution in [0.4, 0.5) is 5.69 Å². The van der Waals surface area contributed by atoms with Gasteiger partial charge in [-0.3, -0.25) is 0 Å². The molecule has 0 aromatic heterocycles. The number of hydrogen-bond donors (Lipinski definition) is 2. The second kappa shape index (κ2) is 6.12. The molecule has 0 spiro atoms. The summed E-state index contributed by atoms with van der Waals surface area (Å²) in [6, 6.07) is 14.9. The van der Waals surface area contributed by atoms with Crippen molar-refractivity contribution >= 4 is 28.2 Å². The van der Waals surface area contributed by atoms with Crippen LogP contribution in [0.3, 0.4) is 0 Å². The van der Waals surface area contributed by atoms with Gasteiger partial charge in [-0.05, 0) is 36.1 Å². The molecule has 0 radical (unpaired) electrons. The highest BCUT2D eigenvalue weighted by Crippen LogP contribution is 2.21. The largest absolute Gasteiger partial charge is 0.395 e. The molecule has 2 nitrogen and oxygen atoms in total. The van der Waals surface area contributed by atoms with Crippen molar-refractivity contribution in [3.63, 3.8) is 0 Å². The number of thioether (sulfide) groups is 1. The Bertz CT molecular complexity index is 511. The molecule has 2 N–H and O–H groups in total. The zero-order valence-electron chi connectivity index (χ0n) is 10.8. The van der Waals surface area contributed by atoms with Crippen molar-refractivity contribution in [1.82, 2.24) is 0 Å². The molecule has 0 heterocycles. The molecule has 0 saturated heterocycles. The first-order valence-electron chi connectivity index (χ1n) is 6.13. The molecule has 0 aliphatic carbocycles. The van der Waals surface area contributed by atoms with E-state index in [1.54, 1.807) is 11.8 Å². The molecule has 18 heavy (non-hydrogen) atoms. The SMILES string of the molecule is CSC(CO)C(C)Nc1ccc2ccccc2c1. The van der Waals surface area contributed by atoms with Gasteiger partial charge in [0.15, 0.2) is 0 Å². The van der Waals surface area contributed by atoms with Gasteiger partial charge >= 0.3 is 0 Å². The Labute approximate surface area is 112 Å². The zero-order chi connectivity index (χ0) is 13.0. The maximum absolute atomic E-state index is 9.29. The van der Waals surface area contributed by atoms with E-state index < -0.39 is 0 Å². The maximum atomic E-state index is 9.29. The molecular weight excluding hydrogens is 242 g/mol. The van der Waals surface area contributed by atoms with Crippen molar-refractivity contribution in [2.75, 3.05) is 18.2 Å². The molecule has 0 aliphatic heterocycles. The van der Waals surface area contributed by atoms with Crippen LogP contribution in [0, 0.1) is 0 Å². The summed E-state index contributed by atoms with van der Waals surface area (Å²) in [5, 5.41) is 15.4. The first-order chi connectivity index (χ1) is 8.74. The Hall–Kier alpha value is -1.19. The van der Waals surface area contributed by atoms with Crippen LogP contribution in [-0.4, -0.2) is 29.3 Å². The Morgan fingerprint density at radius 1 is 1.17 bits per heavy atom. The Morgan fingerprint density at radius 2 is 1.89 bits per heavy atom. The second-order valence-corrected chi connectivity index (χ2v) is 5.53. The van der Waals surface area contributed by atoms with Crippen LogP contribution in [0.2, 0.25) is 0 Å². The molecule has 2 aromatic carbocycles. The lowest BCUT2D eigenvalue weighted by Crippen LogP contribution is -2.30. The van der Waals surface area contributed by atoms with E-state index in [1.165, 1.54) is 10.8 Å². The molecule has 2 rings (SSSR count). The number of fused-ring (bicyclic) bond motifs is 1. The van der Waals surface area contributed by atoms with Crippen molar-refractivity contribution < 1.29 is 5.11 Å². The van der Waals surface area contributed by atoms with E-state index in [0.29, 0.717) is 0 Å². The van der Waals surface area contributed by atoms with E-state index >= 15 is 0 Å². The molecule has 0 fully saturated rings. The van der Waals surface area contributed by atoms with Crippen molar-refractivity contribution in [3.05, 3.63) is 42.5 Å². The number of rotatable bonds is 5. The Balaban J connectivity index is 2.16. The summed E-state index contributed by atoms with van der Waals surface area (Å²) < 4.78 is 0. The van der Waals surface area contributed by atoms with Gasteiger partial charge in [0, 0.05) is 17.0 Å². The van der Waals surface area contributed by atoms with E-state index in [4.69, 9.17) is 0 Å². The van der Waals surface area contributed by atoms with Gasteiger partial charge in [0.25, 0.3) is 0 Å². The van der Waals surface area contributed by atoms with E-state index in [0.717, 1.165) is 5.69 Å². The third-order valence-electron chi connectivity index (χ3n) is 3.18. The van der Waals surface area contributed by atoms with Crippen molar-refractivity contribution in [1.29, 1.82) is 0 Å². The zero-order valence-corrected chi connectivity index (χ0v) is 11.6. The average Bonchev–Trinajstić information content (AvgIpc) is 2.40. The summed E-state index contributed by atoms with van der Waals surface area (Å²) in [4.78, 5) is 0. The number of aliphatic hydroxyl groups excluding tert-OH is 1. The van der Waals surface area contributed by atoms with Crippen LogP contribution in [0.1, 0.15) is 6.92 Å². The standard InChI is InChI=1S/C15H19NOS/c1-11(15(10-17)18-2)16-14-8-7-12-5-3-4-6-13(12)9-14/h3-9,11,15-17H,10H2,1-2H3. The smallest absolute Gasteiger partial charge is 0.0569 e. The molecule has 0 bridgehead atoms. The third kappa shape index (κ3) is 2.98. The molecule has 0 amide bonds. The van der Waals surface area contributed by atoms with E-state index in [1.807, 2.05) is 18.4 Å². The second-order valence-electron chi connectivity index (χ2n) is 4.45. The first-order valence-corrected chi connectivity index (χ1v) is 7.42. The van der Waals surface area contributed by atoms with Crippen molar-refractivity contribution in [2.24, 2.45) is 0 Å². The minimum Gasteiger partial charge on any atom is -0.395 e. The van der Waals surface area contributed by atoms with Gasteiger partial charge in [0.2, 0.25) is 0 Å². The summed E-state index contributed by atoms with van der Waals surface area (Å²) in [6.07, 6.45) is 2.03. The fourth-order valence-electron chi connectivity index (χ4n) is 2.07. The molecule has 3 heteroatoms. The van der Waals surface area contributed by atoms with Crippen LogP contribution >= 0.6 is 11.8 Å². The first kappa shape index (κ1) is 13.2. The van der Waals surface area contributed by atoms with Crippen LogP contribution < -0.4 is 5.32 Å². The van der Waals surface area contributed by atoms with E-state index in [2.05, 4.69) is 42.6 Å². The minimum atomic E-state index is 0.197. The van der Waals surface area contributed by atoms with Gasteiger partial charge in [0.1, 0.15) is 0 Å². The van der Waals surface area contributed by atoms with Gasteiger partial charge in [-0.1, -0.05) is 30.3 Å². The lowest BCUT2D eigenvalue weighted by Gasteiger charge is -2.22. The monoisotopic (exact) mass is 261 g/mol. The van der Waals surface area contributed by atoms with Gasteiger partial charge in [-0.15, -0.1) is 0 Å². The Morgan fingerprint density at radius 3 is 2.56 bits per heavy atom. The quantitative estimate of drug-likeness (QED) is 0.865. The molecule has 0 aliphatic rings. The van der Waals surface area contributed by atoms with Gasteiger partial charge < -0.3 is 10.4 Å². The number of nitrogens with one attached hydrogen (secondary N) is 1. The highest BCUT2D eigenvalue weighted by molar-refractivity contribution is 7.99. The number of aliphatic hydroxyl groups is 1. The fraction of sp³-hybridized carbons (Fsp3) is 0.333. The normalized spacial score (nSPS) is 14.4. The van der Waals surface area contributed by atoms with Crippen LogP contribution in [0.25, 0.3) is 10.8 Å². The summed E-state index contributed by atoms with van der Waals surface area (Å²) in [5.74, 6) is 0. The molecule has 2 atom stereocenters. The number of hydrogen-bond acceptors (Lipinski definition) is 3. The molecular formula is C15H19NOS. The number of benzene rings is 2. The topological polar surface area (TPSA) is 32.3 Å². The molecule has 2 aromatic rings. The summed E-state index contributed by atoms with van der Waals surface area (Å²) in [6.45, 7) is 2.30.